The normalized spacial score (nSPS) is 10.5. The van der Waals surface area contributed by atoms with Gasteiger partial charge in [0.05, 0.1) is 5.52 Å². The lowest BCUT2D eigenvalue weighted by Gasteiger charge is -2.28. The van der Waals surface area contributed by atoms with Crippen LogP contribution in [-0.4, -0.2) is 36.0 Å². The first-order chi connectivity index (χ1) is 12.4. The van der Waals surface area contributed by atoms with Crippen molar-refractivity contribution >= 4 is 46.3 Å². The van der Waals surface area contributed by atoms with E-state index in [-0.39, 0.29) is 10.9 Å². The molecular formula is C10H10BrClN9O4P. The lowest BCUT2D eigenvalue weighted by molar-refractivity contribution is -0.456. The molecule has 3 heterocycles. The standard InChI is InChI=1S/C8H6BrClNO4P.2CH2N4/c9-4-2-1-3-5-6(4)7(10)8(11-5)15-16(12,13)14;2*1-2-4-5-3-1/h1-3,11H,(H2,12,13,14);2*1H,(H,2,3,4,5). The summed E-state index contributed by atoms with van der Waals surface area (Å²) >= 11 is 9.14. The summed E-state index contributed by atoms with van der Waals surface area (Å²) in [6, 6.07) is 5.15. The van der Waals surface area contributed by atoms with Gasteiger partial charge in [0, 0.05) is 9.86 Å². The van der Waals surface area contributed by atoms with Crippen LogP contribution in [0.1, 0.15) is 0 Å². The van der Waals surface area contributed by atoms with Crippen LogP contribution in [0.3, 0.4) is 0 Å². The molecule has 16 heteroatoms. The Bertz CT molecular complexity index is 898. The van der Waals surface area contributed by atoms with Crippen molar-refractivity contribution in [2.24, 2.45) is 0 Å². The van der Waals surface area contributed by atoms with E-state index in [0.29, 0.717) is 15.4 Å². The number of H-pyrrole nitrogens is 5. The fourth-order valence-corrected chi connectivity index (χ4v) is 2.99. The van der Waals surface area contributed by atoms with Gasteiger partial charge in [0.2, 0.25) is 5.88 Å². The molecule has 4 aromatic rings. The van der Waals surface area contributed by atoms with Crippen LogP contribution in [0.5, 0.6) is 5.88 Å². The molecule has 0 aliphatic rings. The molecule has 0 bridgehead atoms. The molecule has 0 fully saturated rings. The average Bonchev–Trinajstić information content (AvgIpc) is 3.32. The lowest BCUT2D eigenvalue weighted by atomic mass is 10.2. The van der Waals surface area contributed by atoms with Gasteiger partial charge in [-0.2, -0.15) is 10.2 Å². The molecule has 0 spiro atoms. The highest BCUT2D eigenvalue weighted by molar-refractivity contribution is 9.10. The van der Waals surface area contributed by atoms with E-state index in [4.69, 9.17) is 11.6 Å². The molecule has 13 nitrogen and oxygen atoms in total. The third-order valence-electron chi connectivity index (χ3n) is 2.47. The van der Waals surface area contributed by atoms with Gasteiger partial charge < -0.3 is 23.9 Å². The number of phosphoric acid groups is 1. The Morgan fingerprint density at radius 1 is 1.15 bits per heavy atom. The van der Waals surface area contributed by atoms with E-state index in [1.165, 1.54) is 12.7 Å². The molecule has 138 valence electrons. The Morgan fingerprint density at radius 2 is 1.77 bits per heavy atom. The molecule has 0 radical (unpaired) electrons. The first kappa shape index (κ1) is 19.9. The zero-order chi connectivity index (χ0) is 19.0. The molecule has 5 N–H and O–H groups in total. The Kier molecular flexibility index (Phi) is 7.17. The number of hydrogen-bond donors (Lipinski definition) is 3. The van der Waals surface area contributed by atoms with Gasteiger partial charge in [0.15, 0.2) is 10.4 Å². The number of aromatic amines is 5. The second-order valence-electron chi connectivity index (χ2n) is 4.17. The van der Waals surface area contributed by atoms with Crippen LogP contribution in [0.4, 0.5) is 0 Å². The minimum absolute atomic E-state index is 0.0504. The van der Waals surface area contributed by atoms with E-state index in [1.54, 1.807) is 18.2 Å². The first-order valence-electron chi connectivity index (χ1n) is 6.50. The van der Waals surface area contributed by atoms with Crippen molar-refractivity contribution in [2.45, 2.75) is 0 Å². The van der Waals surface area contributed by atoms with E-state index in [0.717, 1.165) is 0 Å². The summed E-state index contributed by atoms with van der Waals surface area (Å²) in [4.78, 5) is 23.6. The molecule has 3 aromatic heterocycles. The molecule has 26 heavy (non-hydrogen) atoms. The topological polar surface area (TPSA) is 200 Å². The molecule has 4 rings (SSSR count). The Balaban J connectivity index is 0.000000196. The van der Waals surface area contributed by atoms with Crippen molar-refractivity contribution in [1.29, 1.82) is 0 Å². The maximum Gasteiger partial charge on any atom is 0.286 e. The fraction of sp³-hybridized carbons (Fsp3) is 0. The molecule has 0 amide bonds. The number of aromatic nitrogens is 9. The van der Waals surface area contributed by atoms with E-state index in [1.807, 2.05) is 0 Å². The van der Waals surface area contributed by atoms with Gasteiger partial charge >= 0.3 is 0 Å². The number of rotatable bonds is 2. The van der Waals surface area contributed by atoms with Crippen LogP contribution < -0.4 is 24.5 Å². The molecule has 0 saturated carbocycles. The highest BCUT2D eigenvalue weighted by atomic mass is 79.9. The largest absolute Gasteiger partial charge is 0.780 e. The summed E-state index contributed by atoms with van der Waals surface area (Å²) in [5.74, 6) is -0.267. The molecular weight excluding hydrogens is 457 g/mol. The van der Waals surface area contributed by atoms with Crippen LogP contribution in [-0.2, 0) is 4.57 Å². The summed E-state index contributed by atoms with van der Waals surface area (Å²) in [6.45, 7) is 0. The van der Waals surface area contributed by atoms with Gasteiger partial charge in [-0.25, -0.2) is 0 Å². The van der Waals surface area contributed by atoms with Gasteiger partial charge in [-0.15, -0.1) is 0 Å². The van der Waals surface area contributed by atoms with Gasteiger partial charge in [0.1, 0.15) is 23.0 Å². The van der Waals surface area contributed by atoms with Gasteiger partial charge in [0.25, 0.3) is 12.7 Å². The quantitative estimate of drug-likeness (QED) is 0.313. The monoisotopic (exact) mass is 465 g/mol. The number of hydrogen-bond acceptors (Lipinski definition) is 8. The van der Waals surface area contributed by atoms with Crippen molar-refractivity contribution < 1.29 is 29.1 Å². The summed E-state index contributed by atoms with van der Waals surface area (Å²) < 4.78 is 15.4. The predicted octanol–water partition coefficient (Wildman–Crippen LogP) is -0.971. The highest BCUT2D eigenvalue weighted by Gasteiger charge is 2.13. The smallest absolute Gasteiger partial charge is 0.286 e. The average molecular weight is 467 g/mol. The second kappa shape index (κ2) is 9.35. The minimum Gasteiger partial charge on any atom is -0.780 e. The van der Waals surface area contributed by atoms with Crippen molar-refractivity contribution in [3.05, 3.63) is 40.3 Å². The molecule has 0 aliphatic carbocycles. The van der Waals surface area contributed by atoms with E-state index < -0.39 is 7.82 Å². The lowest BCUT2D eigenvalue weighted by Crippen LogP contribution is -2.18. The highest BCUT2D eigenvalue weighted by Crippen LogP contribution is 2.41. The van der Waals surface area contributed by atoms with Crippen molar-refractivity contribution in [3.8, 4) is 5.88 Å². The second-order valence-corrected chi connectivity index (χ2v) is 6.48. The summed E-state index contributed by atoms with van der Waals surface area (Å²) in [6.07, 6.45) is 2.92. The third kappa shape index (κ3) is 6.16. The van der Waals surface area contributed by atoms with Crippen LogP contribution >= 0.6 is 35.4 Å². The molecule has 0 atom stereocenters. The van der Waals surface area contributed by atoms with Crippen LogP contribution in [0.25, 0.3) is 10.9 Å². The molecule has 0 saturated heterocycles. The maximum absolute atomic E-state index is 10.5. The Morgan fingerprint density at radius 3 is 2.15 bits per heavy atom. The maximum atomic E-state index is 10.5. The number of halogens is 2. The predicted molar refractivity (Wildman–Crippen MR) is 85.1 cm³/mol. The number of phosphoric ester groups is 1. The fourth-order valence-electron chi connectivity index (χ4n) is 1.61. The zero-order valence-corrected chi connectivity index (χ0v) is 15.7. The van der Waals surface area contributed by atoms with Gasteiger partial charge in [-0.3, -0.25) is 0 Å². The summed E-state index contributed by atoms with van der Waals surface area (Å²) in [5.41, 5.74) is 0.572. The van der Waals surface area contributed by atoms with Gasteiger partial charge in [-0.05, 0) is 12.1 Å². The number of benzene rings is 1. The van der Waals surface area contributed by atoms with Crippen LogP contribution in [0.2, 0.25) is 5.02 Å². The van der Waals surface area contributed by atoms with Crippen molar-refractivity contribution in [2.75, 3.05) is 0 Å². The molecule has 1 aromatic carbocycles. The van der Waals surface area contributed by atoms with Crippen molar-refractivity contribution in [3.63, 3.8) is 0 Å². The zero-order valence-electron chi connectivity index (χ0n) is 12.5. The minimum atomic E-state index is -5.12. The number of nitrogens with zero attached hydrogens (tertiary/aromatic N) is 4. The Labute approximate surface area is 157 Å². The first-order valence-corrected chi connectivity index (χ1v) is 9.13. The van der Waals surface area contributed by atoms with Crippen LogP contribution in [0.15, 0.2) is 35.3 Å². The van der Waals surface area contributed by atoms with E-state index >= 15 is 0 Å². The Hall–Kier alpha value is -2.38. The third-order valence-corrected chi connectivity index (χ3v) is 3.90. The van der Waals surface area contributed by atoms with E-state index in [2.05, 4.69) is 66.7 Å². The number of nitrogens with one attached hydrogen (secondary N) is 5. The van der Waals surface area contributed by atoms with Gasteiger partial charge in [-0.1, -0.05) is 44.0 Å². The number of fused-ring (bicyclic) bond motifs is 1. The van der Waals surface area contributed by atoms with Crippen molar-refractivity contribution in [1.82, 2.24) is 36.0 Å². The number of tetrazole rings is 2. The van der Waals surface area contributed by atoms with E-state index in [9.17, 15) is 14.4 Å². The molecule has 0 aliphatic heterocycles. The molecule has 0 unspecified atom stereocenters. The SMILES string of the molecule is O=P([O-])([O-])Oc1[nH]c2cccc(Br)c2c1Cl.c1nn[nH][nH+]1.c1nn[nH][nH+]1. The summed E-state index contributed by atoms with van der Waals surface area (Å²) in [7, 11) is -5.12. The summed E-state index contributed by atoms with van der Waals surface area (Å²) in [5, 5.41) is 23.7. The van der Waals surface area contributed by atoms with Crippen LogP contribution in [0, 0.1) is 0 Å².